The summed E-state index contributed by atoms with van der Waals surface area (Å²) >= 11 is 2.41. The molecule has 0 aliphatic carbocycles. The Morgan fingerprint density at radius 3 is 1.62 bits per heavy atom. The van der Waals surface area contributed by atoms with Gasteiger partial charge in [0.25, 0.3) is 0 Å². The molecule has 5 heteroatoms. The van der Waals surface area contributed by atoms with E-state index < -0.39 is 33.3 Å². The molecule has 0 heterocycles. The molecule has 0 unspecified atom stereocenters. The van der Waals surface area contributed by atoms with E-state index in [1.165, 1.54) is 6.92 Å². The van der Waals surface area contributed by atoms with Crippen molar-refractivity contribution in [2.45, 2.75) is 13.3 Å². The Labute approximate surface area is 80.7 Å². The number of hydrogen-bond donors (Lipinski definition) is 0. The van der Waals surface area contributed by atoms with E-state index >= 15 is 0 Å². The lowest BCUT2D eigenvalue weighted by molar-refractivity contribution is 0.433. The molecule has 0 fully saturated rings. The van der Waals surface area contributed by atoms with Crippen molar-refractivity contribution < 1.29 is 17.6 Å². The topological polar surface area (TPSA) is 0 Å². The third-order valence-corrected chi connectivity index (χ3v) is 2.35. The Morgan fingerprint density at radius 2 is 1.31 bits per heavy atom. The lowest BCUT2D eigenvalue weighted by Gasteiger charge is -2.05. The lowest BCUT2D eigenvalue weighted by atomic mass is 10.1. The zero-order valence-corrected chi connectivity index (χ0v) is 8.18. The standard InChI is InChI=1S/C8H5BrF4/c1-2-3-5(10)7(12)4(9)8(13)6(3)11/h2H2,1H3. The fourth-order valence-electron chi connectivity index (χ4n) is 0.961. The molecule has 1 rings (SSSR count). The van der Waals surface area contributed by atoms with Gasteiger partial charge in [-0.15, -0.1) is 0 Å². The van der Waals surface area contributed by atoms with Crippen LogP contribution in [-0.2, 0) is 6.42 Å². The van der Waals surface area contributed by atoms with Gasteiger partial charge in [-0.3, -0.25) is 0 Å². The lowest BCUT2D eigenvalue weighted by Crippen LogP contribution is -2.03. The van der Waals surface area contributed by atoms with Gasteiger partial charge in [-0.2, -0.15) is 0 Å². The zero-order chi connectivity index (χ0) is 10.2. The molecule has 0 spiro atoms. The molecule has 0 bridgehead atoms. The summed E-state index contributed by atoms with van der Waals surface area (Å²) in [6, 6.07) is 0. The van der Waals surface area contributed by atoms with Crippen LogP contribution in [0.4, 0.5) is 17.6 Å². The van der Waals surface area contributed by atoms with Crippen LogP contribution in [0.25, 0.3) is 0 Å². The maximum absolute atomic E-state index is 12.9. The largest absolute Gasteiger partial charge is 0.203 e. The predicted octanol–water partition coefficient (Wildman–Crippen LogP) is 3.57. The number of halogens is 5. The van der Waals surface area contributed by atoms with Crippen molar-refractivity contribution in [3.8, 4) is 0 Å². The van der Waals surface area contributed by atoms with E-state index in [1.807, 2.05) is 0 Å². The minimum absolute atomic E-state index is 0.0984. The second-order valence-electron chi connectivity index (χ2n) is 2.40. The average Bonchev–Trinajstić information content (AvgIpc) is 2.13. The molecular formula is C8H5BrF4. The van der Waals surface area contributed by atoms with Crippen LogP contribution in [0, 0.1) is 23.3 Å². The summed E-state index contributed by atoms with van der Waals surface area (Å²) in [5.41, 5.74) is -0.571. The van der Waals surface area contributed by atoms with Crippen molar-refractivity contribution in [3.05, 3.63) is 33.3 Å². The molecule has 0 atom stereocenters. The number of hydrogen-bond acceptors (Lipinski definition) is 0. The van der Waals surface area contributed by atoms with Crippen LogP contribution in [0.2, 0.25) is 0 Å². The van der Waals surface area contributed by atoms with Crippen LogP contribution in [0.5, 0.6) is 0 Å². The van der Waals surface area contributed by atoms with Crippen LogP contribution >= 0.6 is 15.9 Å². The first-order valence-electron chi connectivity index (χ1n) is 3.51. The molecule has 1 aromatic rings. The fourth-order valence-corrected chi connectivity index (χ4v) is 1.31. The molecular weight excluding hydrogens is 252 g/mol. The minimum Gasteiger partial charge on any atom is -0.203 e. The Hall–Kier alpha value is -0.580. The summed E-state index contributed by atoms with van der Waals surface area (Å²) in [4.78, 5) is 0. The summed E-state index contributed by atoms with van der Waals surface area (Å²) in [5.74, 6) is -5.46. The zero-order valence-electron chi connectivity index (χ0n) is 6.60. The van der Waals surface area contributed by atoms with Crippen molar-refractivity contribution in [2.24, 2.45) is 0 Å². The van der Waals surface area contributed by atoms with Gasteiger partial charge in [0.2, 0.25) is 0 Å². The molecule has 13 heavy (non-hydrogen) atoms. The van der Waals surface area contributed by atoms with Crippen LogP contribution in [0.15, 0.2) is 4.47 Å². The van der Waals surface area contributed by atoms with Gasteiger partial charge in [-0.05, 0) is 22.4 Å². The van der Waals surface area contributed by atoms with Gasteiger partial charge in [0, 0.05) is 5.56 Å². The highest BCUT2D eigenvalue weighted by Gasteiger charge is 2.22. The Morgan fingerprint density at radius 1 is 0.923 bits per heavy atom. The molecule has 0 N–H and O–H groups in total. The monoisotopic (exact) mass is 256 g/mol. The summed E-state index contributed by atoms with van der Waals surface area (Å²) in [6.07, 6.45) is -0.0984. The molecule has 0 aliphatic rings. The molecule has 0 saturated heterocycles. The number of benzene rings is 1. The summed E-state index contributed by atoms with van der Waals surface area (Å²) in [7, 11) is 0. The van der Waals surface area contributed by atoms with E-state index in [0.29, 0.717) is 0 Å². The smallest absolute Gasteiger partial charge is 0.176 e. The van der Waals surface area contributed by atoms with Gasteiger partial charge < -0.3 is 0 Å². The van der Waals surface area contributed by atoms with E-state index in [4.69, 9.17) is 0 Å². The van der Waals surface area contributed by atoms with Gasteiger partial charge in [-0.25, -0.2) is 17.6 Å². The van der Waals surface area contributed by atoms with Crippen LogP contribution in [0.3, 0.4) is 0 Å². The van der Waals surface area contributed by atoms with Crippen molar-refractivity contribution in [1.82, 2.24) is 0 Å². The van der Waals surface area contributed by atoms with Gasteiger partial charge in [-0.1, -0.05) is 6.92 Å². The van der Waals surface area contributed by atoms with Crippen LogP contribution < -0.4 is 0 Å². The molecule has 0 nitrogen and oxygen atoms in total. The summed E-state index contributed by atoms with van der Waals surface area (Å²) < 4.78 is 50.6. The molecule has 0 amide bonds. The second kappa shape index (κ2) is 3.65. The van der Waals surface area contributed by atoms with Crippen molar-refractivity contribution >= 4 is 15.9 Å². The maximum Gasteiger partial charge on any atom is 0.176 e. The van der Waals surface area contributed by atoms with Crippen molar-refractivity contribution in [2.75, 3.05) is 0 Å². The summed E-state index contributed by atoms with van der Waals surface area (Å²) in [6.45, 7) is 1.41. The van der Waals surface area contributed by atoms with Crippen LogP contribution in [0.1, 0.15) is 12.5 Å². The predicted molar refractivity (Wildman–Crippen MR) is 43.4 cm³/mol. The molecule has 0 aromatic heterocycles. The van der Waals surface area contributed by atoms with E-state index in [-0.39, 0.29) is 6.42 Å². The Balaban J connectivity index is 3.56. The third kappa shape index (κ3) is 1.57. The van der Waals surface area contributed by atoms with Crippen LogP contribution in [-0.4, -0.2) is 0 Å². The maximum atomic E-state index is 12.9. The Bertz CT molecular complexity index is 319. The quantitative estimate of drug-likeness (QED) is 0.410. The van der Waals surface area contributed by atoms with E-state index in [2.05, 4.69) is 15.9 Å². The molecule has 0 radical (unpaired) electrons. The van der Waals surface area contributed by atoms with Gasteiger partial charge in [0.15, 0.2) is 23.3 Å². The van der Waals surface area contributed by atoms with Gasteiger partial charge >= 0.3 is 0 Å². The van der Waals surface area contributed by atoms with Crippen molar-refractivity contribution in [1.29, 1.82) is 0 Å². The average molecular weight is 257 g/mol. The molecule has 0 aliphatic heterocycles. The highest BCUT2D eigenvalue weighted by Crippen LogP contribution is 2.28. The third-order valence-electron chi connectivity index (χ3n) is 1.65. The molecule has 72 valence electrons. The Kier molecular flexibility index (Phi) is 2.95. The van der Waals surface area contributed by atoms with Gasteiger partial charge in [0.05, 0.1) is 4.47 Å². The second-order valence-corrected chi connectivity index (χ2v) is 3.20. The molecule has 0 saturated carbocycles. The minimum atomic E-state index is -1.39. The SMILES string of the molecule is CCc1c(F)c(F)c(Br)c(F)c1F. The fraction of sp³-hybridized carbons (Fsp3) is 0.250. The van der Waals surface area contributed by atoms with E-state index in [0.717, 1.165) is 0 Å². The first-order valence-corrected chi connectivity index (χ1v) is 4.30. The number of rotatable bonds is 1. The molecule has 1 aromatic carbocycles. The van der Waals surface area contributed by atoms with Gasteiger partial charge in [0.1, 0.15) is 0 Å². The van der Waals surface area contributed by atoms with Crippen molar-refractivity contribution in [3.63, 3.8) is 0 Å². The normalized spacial score (nSPS) is 10.6. The van der Waals surface area contributed by atoms with E-state index in [1.54, 1.807) is 0 Å². The van der Waals surface area contributed by atoms with E-state index in [9.17, 15) is 17.6 Å². The summed E-state index contributed by atoms with van der Waals surface area (Å²) in [5, 5.41) is 0. The first kappa shape index (κ1) is 10.5. The highest BCUT2D eigenvalue weighted by molar-refractivity contribution is 9.10. The first-order chi connectivity index (χ1) is 6.00. The highest BCUT2D eigenvalue weighted by atomic mass is 79.9.